The van der Waals surface area contributed by atoms with Crippen molar-refractivity contribution >= 4 is 0 Å². The second-order valence-corrected chi connectivity index (χ2v) is 2.26. The van der Waals surface area contributed by atoms with Gasteiger partial charge in [-0.1, -0.05) is 0 Å². The molecule has 42 valence electrons. The van der Waals surface area contributed by atoms with Gasteiger partial charge in [-0.3, -0.25) is 0 Å². The molecule has 0 unspecified atom stereocenters. The molecular weight excluding hydrogens is 90.1 g/mol. The van der Waals surface area contributed by atoms with E-state index in [2.05, 4.69) is 5.73 Å². The Morgan fingerprint density at radius 1 is 1.43 bits per heavy atom. The minimum atomic E-state index is -0.0972. The van der Waals surface area contributed by atoms with Crippen LogP contribution in [0.25, 0.3) is 0 Å². The molecular formula is C5H12NO+. The Kier molecular flexibility index (Phi) is 1.30. The smallest absolute Gasteiger partial charge is 0.111 e. The molecule has 0 amide bonds. The van der Waals surface area contributed by atoms with Gasteiger partial charge < -0.3 is 10.8 Å². The van der Waals surface area contributed by atoms with E-state index in [1.165, 1.54) is 0 Å². The van der Waals surface area contributed by atoms with Crippen molar-refractivity contribution < 1.29 is 10.8 Å². The van der Waals surface area contributed by atoms with E-state index in [1.54, 1.807) is 0 Å². The summed E-state index contributed by atoms with van der Waals surface area (Å²) < 4.78 is 0. The summed E-state index contributed by atoms with van der Waals surface area (Å²) in [6.45, 7) is 0. The molecule has 0 aliphatic heterocycles. The van der Waals surface area contributed by atoms with Crippen molar-refractivity contribution in [3.63, 3.8) is 0 Å². The topological polar surface area (TPSA) is 47.9 Å². The first-order chi connectivity index (χ1) is 3.30. The molecule has 2 atom stereocenters. The quantitative estimate of drug-likeness (QED) is 0.411. The van der Waals surface area contributed by atoms with E-state index >= 15 is 0 Å². The molecule has 2 heteroatoms. The Balaban J connectivity index is 2.33. The maximum atomic E-state index is 8.94. The molecule has 1 rings (SSSR count). The van der Waals surface area contributed by atoms with E-state index in [0.29, 0.717) is 6.04 Å². The number of quaternary nitrogens is 1. The van der Waals surface area contributed by atoms with Crippen molar-refractivity contribution in [2.75, 3.05) is 0 Å². The molecule has 7 heavy (non-hydrogen) atoms. The van der Waals surface area contributed by atoms with Crippen LogP contribution in [0.2, 0.25) is 0 Å². The van der Waals surface area contributed by atoms with Crippen LogP contribution >= 0.6 is 0 Å². The van der Waals surface area contributed by atoms with Gasteiger partial charge in [0.1, 0.15) is 12.1 Å². The van der Waals surface area contributed by atoms with Gasteiger partial charge in [-0.15, -0.1) is 0 Å². The first kappa shape index (κ1) is 5.06. The lowest BCUT2D eigenvalue weighted by Gasteiger charge is -2.00. The highest BCUT2D eigenvalue weighted by atomic mass is 16.3. The second kappa shape index (κ2) is 1.80. The number of hydrogen-bond donors (Lipinski definition) is 2. The van der Waals surface area contributed by atoms with Gasteiger partial charge in [0.15, 0.2) is 0 Å². The fourth-order valence-electron chi connectivity index (χ4n) is 1.02. The minimum absolute atomic E-state index is 0.0972. The number of aliphatic hydroxyl groups is 1. The average Bonchev–Trinajstić information content (AvgIpc) is 1.91. The predicted octanol–water partition coefficient (Wildman–Crippen LogP) is -0.858. The highest BCUT2D eigenvalue weighted by Gasteiger charge is 2.23. The largest absolute Gasteiger partial charge is 0.387 e. The fraction of sp³-hybridized carbons (Fsp3) is 1.00. The van der Waals surface area contributed by atoms with E-state index in [9.17, 15) is 0 Å². The van der Waals surface area contributed by atoms with Gasteiger partial charge in [0.25, 0.3) is 0 Å². The summed E-state index contributed by atoms with van der Waals surface area (Å²) in [4.78, 5) is 0. The standard InChI is InChI=1S/C5H11NO/c6-4-2-1-3-5(4)7/h4-5,7H,1-3,6H2/p+1/t4-,5-/m1/s1. The molecule has 0 bridgehead atoms. The summed E-state index contributed by atoms with van der Waals surface area (Å²) in [6.07, 6.45) is 3.14. The van der Waals surface area contributed by atoms with Crippen LogP contribution in [0.5, 0.6) is 0 Å². The molecule has 1 aliphatic rings. The Bertz CT molecular complexity index is 57.1. The average molecular weight is 102 g/mol. The summed E-state index contributed by atoms with van der Waals surface area (Å²) >= 11 is 0. The lowest BCUT2D eigenvalue weighted by atomic mass is 10.2. The van der Waals surface area contributed by atoms with Crippen LogP contribution in [-0.4, -0.2) is 17.3 Å². The lowest BCUT2D eigenvalue weighted by Crippen LogP contribution is -2.64. The number of rotatable bonds is 0. The van der Waals surface area contributed by atoms with Crippen LogP contribution in [0.3, 0.4) is 0 Å². The zero-order valence-corrected chi connectivity index (χ0v) is 4.43. The molecule has 1 fully saturated rings. The van der Waals surface area contributed by atoms with Crippen molar-refractivity contribution in [2.24, 2.45) is 0 Å². The molecule has 0 heterocycles. The minimum Gasteiger partial charge on any atom is -0.387 e. The molecule has 4 N–H and O–H groups in total. The predicted molar refractivity (Wildman–Crippen MR) is 26.5 cm³/mol. The summed E-state index contributed by atoms with van der Waals surface area (Å²) in [5.74, 6) is 0. The van der Waals surface area contributed by atoms with E-state index in [0.717, 1.165) is 19.3 Å². The summed E-state index contributed by atoms with van der Waals surface area (Å²) in [6, 6.07) is 0.319. The molecule has 0 spiro atoms. The third kappa shape index (κ3) is 0.924. The lowest BCUT2D eigenvalue weighted by molar-refractivity contribution is -0.432. The van der Waals surface area contributed by atoms with Gasteiger partial charge in [-0.2, -0.15) is 0 Å². The molecule has 2 nitrogen and oxygen atoms in total. The Morgan fingerprint density at radius 2 is 2.14 bits per heavy atom. The van der Waals surface area contributed by atoms with Crippen molar-refractivity contribution in [3.05, 3.63) is 0 Å². The normalized spacial score (nSPS) is 42.0. The van der Waals surface area contributed by atoms with E-state index in [4.69, 9.17) is 5.11 Å². The maximum Gasteiger partial charge on any atom is 0.111 e. The fourth-order valence-corrected chi connectivity index (χ4v) is 1.02. The van der Waals surface area contributed by atoms with Gasteiger partial charge in [0.05, 0.1) is 0 Å². The third-order valence-corrected chi connectivity index (χ3v) is 1.62. The molecule has 1 saturated carbocycles. The van der Waals surface area contributed by atoms with E-state index in [-0.39, 0.29) is 6.10 Å². The zero-order chi connectivity index (χ0) is 5.28. The maximum absolute atomic E-state index is 8.94. The second-order valence-electron chi connectivity index (χ2n) is 2.26. The van der Waals surface area contributed by atoms with Gasteiger partial charge in [-0.25, -0.2) is 0 Å². The molecule has 0 aromatic heterocycles. The van der Waals surface area contributed by atoms with Crippen LogP contribution in [-0.2, 0) is 0 Å². The van der Waals surface area contributed by atoms with Crippen molar-refractivity contribution in [1.29, 1.82) is 0 Å². The molecule has 1 aliphatic carbocycles. The molecule has 0 radical (unpaired) electrons. The Hall–Kier alpha value is -0.0800. The highest BCUT2D eigenvalue weighted by Crippen LogP contribution is 2.14. The molecule has 0 saturated heterocycles. The van der Waals surface area contributed by atoms with Gasteiger partial charge in [0, 0.05) is 6.42 Å². The summed E-state index contributed by atoms with van der Waals surface area (Å²) in [5, 5.41) is 8.94. The van der Waals surface area contributed by atoms with Crippen molar-refractivity contribution in [3.8, 4) is 0 Å². The summed E-state index contributed by atoms with van der Waals surface area (Å²) in [5.41, 5.74) is 3.77. The number of hydrogen-bond acceptors (Lipinski definition) is 1. The van der Waals surface area contributed by atoms with Crippen LogP contribution in [0.1, 0.15) is 19.3 Å². The highest BCUT2D eigenvalue weighted by molar-refractivity contribution is 4.73. The Morgan fingerprint density at radius 3 is 2.29 bits per heavy atom. The van der Waals surface area contributed by atoms with Gasteiger partial charge in [0.2, 0.25) is 0 Å². The van der Waals surface area contributed by atoms with Crippen LogP contribution < -0.4 is 5.73 Å². The number of aliphatic hydroxyl groups excluding tert-OH is 1. The monoisotopic (exact) mass is 102 g/mol. The van der Waals surface area contributed by atoms with E-state index in [1.807, 2.05) is 0 Å². The van der Waals surface area contributed by atoms with Gasteiger partial charge in [-0.05, 0) is 12.8 Å². The Labute approximate surface area is 43.3 Å². The van der Waals surface area contributed by atoms with Crippen molar-refractivity contribution in [1.82, 2.24) is 0 Å². The van der Waals surface area contributed by atoms with Gasteiger partial charge >= 0.3 is 0 Å². The van der Waals surface area contributed by atoms with Crippen molar-refractivity contribution in [2.45, 2.75) is 31.4 Å². The molecule has 0 aromatic rings. The first-order valence-electron chi connectivity index (χ1n) is 2.82. The zero-order valence-electron chi connectivity index (χ0n) is 4.43. The van der Waals surface area contributed by atoms with E-state index < -0.39 is 0 Å². The summed E-state index contributed by atoms with van der Waals surface area (Å²) in [7, 11) is 0. The van der Waals surface area contributed by atoms with Crippen LogP contribution in [0.4, 0.5) is 0 Å². The van der Waals surface area contributed by atoms with Crippen LogP contribution in [0, 0.1) is 0 Å². The van der Waals surface area contributed by atoms with Crippen LogP contribution in [0.15, 0.2) is 0 Å². The SMILES string of the molecule is [NH3+][C@@H]1CCC[C@H]1O. The third-order valence-electron chi connectivity index (χ3n) is 1.62. The first-order valence-corrected chi connectivity index (χ1v) is 2.82. The molecule has 0 aromatic carbocycles.